The summed E-state index contributed by atoms with van der Waals surface area (Å²) in [4.78, 5) is 2.12. The normalized spacial score (nSPS) is 10.5. The topological polar surface area (TPSA) is 0 Å². The van der Waals surface area contributed by atoms with E-state index < -0.39 is 0 Å². The molecule has 0 saturated carbocycles. The zero-order valence-electron chi connectivity index (χ0n) is 7.62. The van der Waals surface area contributed by atoms with Gasteiger partial charge < -0.3 is 0 Å². The molecular formula is C11H9ClS2. The number of thiol groups is 1. The third-order valence-electron chi connectivity index (χ3n) is 2.09. The highest BCUT2D eigenvalue weighted by atomic mass is 35.5. The van der Waals surface area contributed by atoms with Crippen LogP contribution in [0.3, 0.4) is 0 Å². The lowest BCUT2D eigenvalue weighted by molar-refractivity contribution is 1.32. The lowest BCUT2D eigenvalue weighted by Gasteiger charge is -2.02. The molecule has 0 spiro atoms. The van der Waals surface area contributed by atoms with E-state index in [2.05, 4.69) is 30.8 Å². The fourth-order valence-electron chi connectivity index (χ4n) is 1.25. The summed E-state index contributed by atoms with van der Waals surface area (Å²) in [5, 5.41) is 2.81. The van der Waals surface area contributed by atoms with E-state index in [9.17, 15) is 0 Å². The summed E-state index contributed by atoms with van der Waals surface area (Å²) in [6, 6.07) is 8.11. The maximum absolute atomic E-state index is 6.05. The van der Waals surface area contributed by atoms with Crippen molar-refractivity contribution in [3.63, 3.8) is 0 Å². The Hall–Kier alpha value is -0.440. The first-order valence-corrected chi connectivity index (χ1v) is 5.92. The predicted molar refractivity (Wildman–Crippen MR) is 66.8 cm³/mol. The van der Waals surface area contributed by atoms with Gasteiger partial charge in [0.25, 0.3) is 0 Å². The van der Waals surface area contributed by atoms with Crippen LogP contribution in [0.25, 0.3) is 10.4 Å². The Labute approximate surface area is 98.0 Å². The van der Waals surface area contributed by atoms with Gasteiger partial charge in [-0.3, -0.25) is 0 Å². The van der Waals surface area contributed by atoms with Crippen LogP contribution in [0.1, 0.15) is 5.56 Å². The summed E-state index contributed by atoms with van der Waals surface area (Å²) in [6.07, 6.45) is 0. The molecule has 1 heterocycles. The molecule has 72 valence electrons. The highest BCUT2D eigenvalue weighted by Crippen LogP contribution is 2.34. The van der Waals surface area contributed by atoms with E-state index >= 15 is 0 Å². The predicted octanol–water partition coefficient (Wildman–Crippen LogP) is 4.67. The Morgan fingerprint density at radius 3 is 2.64 bits per heavy atom. The molecule has 14 heavy (non-hydrogen) atoms. The van der Waals surface area contributed by atoms with Gasteiger partial charge in [0.2, 0.25) is 0 Å². The Morgan fingerprint density at radius 1 is 1.29 bits per heavy atom. The number of hydrogen-bond acceptors (Lipinski definition) is 2. The number of rotatable bonds is 1. The molecule has 2 aromatic rings. The monoisotopic (exact) mass is 240 g/mol. The Kier molecular flexibility index (Phi) is 2.86. The smallest absolute Gasteiger partial charge is 0.0592 e. The minimum absolute atomic E-state index is 0.812. The van der Waals surface area contributed by atoms with Gasteiger partial charge >= 0.3 is 0 Å². The third-order valence-corrected chi connectivity index (χ3v) is 3.96. The van der Waals surface area contributed by atoms with E-state index in [1.165, 1.54) is 5.56 Å². The van der Waals surface area contributed by atoms with Crippen molar-refractivity contribution in [2.45, 2.75) is 11.8 Å². The number of aryl methyl sites for hydroxylation is 1. The molecule has 0 nitrogen and oxygen atoms in total. The molecule has 1 aromatic heterocycles. The Morgan fingerprint density at radius 2 is 2.07 bits per heavy atom. The van der Waals surface area contributed by atoms with Crippen LogP contribution in [0.4, 0.5) is 0 Å². The number of halogens is 1. The highest BCUT2D eigenvalue weighted by molar-refractivity contribution is 7.80. The molecule has 0 atom stereocenters. The second-order valence-electron chi connectivity index (χ2n) is 3.10. The van der Waals surface area contributed by atoms with E-state index in [0.29, 0.717) is 0 Å². The molecule has 0 bridgehead atoms. The van der Waals surface area contributed by atoms with Crippen molar-refractivity contribution in [3.05, 3.63) is 40.2 Å². The van der Waals surface area contributed by atoms with Crippen molar-refractivity contribution < 1.29 is 0 Å². The van der Waals surface area contributed by atoms with Gasteiger partial charge in [0.15, 0.2) is 0 Å². The molecule has 0 aliphatic carbocycles. The number of thiophene rings is 1. The van der Waals surface area contributed by atoms with Crippen molar-refractivity contribution in [1.29, 1.82) is 0 Å². The summed E-state index contributed by atoms with van der Waals surface area (Å²) in [5.74, 6) is 0. The van der Waals surface area contributed by atoms with E-state index in [0.717, 1.165) is 20.4 Å². The van der Waals surface area contributed by atoms with Gasteiger partial charge in [0, 0.05) is 4.90 Å². The van der Waals surface area contributed by atoms with E-state index in [-0.39, 0.29) is 0 Å². The zero-order valence-corrected chi connectivity index (χ0v) is 10.1. The van der Waals surface area contributed by atoms with Crippen molar-refractivity contribution >= 4 is 35.6 Å². The fraction of sp³-hybridized carbons (Fsp3) is 0.0909. The molecule has 2 rings (SSSR count). The van der Waals surface area contributed by atoms with E-state index in [4.69, 9.17) is 11.6 Å². The van der Waals surface area contributed by atoms with E-state index in [1.54, 1.807) is 11.3 Å². The minimum atomic E-state index is 0.812. The average molecular weight is 241 g/mol. The second kappa shape index (κ2) is 3.97. The van der Waals surface area contributed by atoms with Crippen molar-refractivity contribution in [2.24, 2.45) is 0 Å². The van der Waals surface area contributed by atoms with Gasteiger partial charge in [0.05, 0.1) is 9.90 Å². The Bertz CT molecular complexity index is 460. The molecule has 0 aliphatic rings. The standard InChI is InChI=1S/C11H9ClS2/c1-7-2-3-8(6-10(7)13)11-9(12)4-5-14-11/h2-6,13H,1H3. The lowest BCUT2D eigenvalue weighted by atomic mass is 10.1. The van der Waals surface area contributed by atoms with E-state index in [1.807, 2.05) is 18.4 Å². The number of benzene rings is 1. The molecule has 0 unspecified atom stereocenters. The summed E-state index contributed by atoms with van der Waals surface area (Å²) in [5.41, 5.74) is 2.32. The summed E-state index contributed by atoms with van der Waals surface area (Å²) < 4.78 is 0. The fourth-order valence-corrected chi connectivity index (χ4v) is 2.63. The summed E-state index contributed by atoms with van der Waals surface area (Å²) >= 11 is 12.1. The van der Waals surface area contributed by atoms with Gasteiger partial charge in [-0.2, -0.15) is 0 Å². The SMILES string of the molecule is Cc1ccc(-c2sccc2Cl)cc1S. The van der Waals surface area contributed by atoms with Crippen LogP contribution in [-0.4, -0.2) is 0 Å². The average Bonchev–Trinajstić information content (AvgIpc) is 2.57. The second-order valence-corrected chi connectivity index (χ2v) is 4.90. The minimum Gasteiger partial charge on any atom is -0.143 e. The summed E-state index contributed by atoms with van der Waals surface area (Å²) in [6.45, 7) is 2.04. The highest BCUT2D eigenvalue weighted by Gasteiger charge is 2.05. The maximum Gasteiger partial charge on any atom is 0.0592 e. The Balaban J connectivity index is 2.53. The van der Waals surface area contributed by atoms with Crippen LogP contribution in [-0.2, 0) is 0 Å². The maximum atomic E-state index is 6.05. The van der Waals surface area contributed by atoms with Gasteiger partial charge in [-0.1, -0.05) is 23.7 Å². The van der Waals surface area contributed by atoms with Gasteiger partial charge in [-0.15, -0.1) is 24.0 Å². The van der Waals surface area contributed by atoms with Crippen LogP contribution in [0.2, 0.25) is 5.02 Å². The largest absolute Gasteiger partial charge is 0.143 e. The molecule has 1 aromatic carbocycles. The van der Waals surface area contributed by atoms with Gasteiger partial charge in [-0.05, 0) is 35.6 Å². The summed E-state index contributed by atoms with van der Waals surface area (Å²) in [7, 11) is 0. The van der Waals surface area contributed by atoms with Gasteiger partial charge in [0.1, 0.15) is 0 Å². The van der Waals surface area contributed by atoms with Crippen LogP contribution >= 0.6 is 35.6 Å². The molecule has 0 aliphatic heterocycles. The first kappa shape index (κ1) is 10.1. The van der Waals surface area contributed by atoms with Gasteiger partial charge in [-0.25, -0.2) is 0 Å². The molecule has 0 amide bonds. The quantitative estimate of drug-likeness (QED) is 0.689. The van der Waals surface area contributed by atoms with Crippen molar-refractivity contribution in [1.82, 2.24) is 0 Å². The molecule has 0 N–H and O–H groups in total. The lowest BCUT2D eigenvalue weighted by Crippen LogP contribution is -1.78. The molecule has 0 fully saturated rings. The molecule has 0 saturated heterocycles. The zero-order chi connectivity index (χ0) is 10.1. The van der Waals surface area contributed by atoms with Crippen LogP contribution in [0.5, 0.6) is 0 Å². The van der Waals surface area contributed by atoms with Crippen LogP contribution < -0.4 is 0 Å². The first-order chi connectivity index (χ1) is 6.68. The molecule has 3 heteroatoms. The molecular weight excluding hydrogens is 232 g/mol. The number of hydrogen-bond donors (Lipinski definition) is 1. The van der Waals surface area contributed by atoms with Crippen molar-refractivity contribution in [3.8, 4) is 10.4 Å². The molecule has 0 radical (unpaired) electrons. The van der Waals surface area contributed by atoms with Crippen LogP contribution in [0, 0.1) is 6.92 Å². The van der Waals surface area contributed by atoms with Crippen LogP contribution in [0.15, 0.2) is 34.5 Å². The van der Waals surface area contributed by atoms with Crippen molar-refractivity contribution in [2.75, 3.05) is 0 Å². The third kappa shape index (κ3) is 1.83. The first-order valence-electron chi connectivity index (χ1n) is 4.21.